The van der Waals surface area contributed by atoms with Gasteiger partial charge in [0, 0.05) is 49.5 Å². The lowest BCUT2D eigenvalue weighted by atomic mass is 9.94. The second-order valence-electron chi connectivity index (χ2n) is 14.7. The van der Waals surface area contributed by atoms with Gasteiger partial charge in [0.2, 0.25) is 0 Å². The lowest BCUT2D eigenvalue weighted by Gasteiger charge is -2.14. The Morgan fingerprint density at radius 1 is 0.390 bits per heavy atom. The maximum absolute atomic E-state index is 9.36. The summed E-state index contributed by atoms with van der Waals surface area (Å²) in [6.45, 7) is 0. The molecule has 8 aromatic carbocycles. The molecule has 11 aromatic rings. The summed E-state index contributed by atoms with van der Waals surface area (Å²) in [6, 6.07) is 71.4. The van der Waals surface area contributed by atoms with Crippen molar-refractivity contribution >= 4 is 43.5 Å². The first-order valence-corrected chi connectivity index (χ1v) is 19.7. The number of nitrogens with zero attached hydrogens (tertiary/aromatic N) is 5. The summed E-state index contributed by atoms with van der Waals surface area (Å²) >= 11 is 0. The predicted octanol–water partition coefficient (Wildman–Crippen LogP) is 13.5. The Kier molecular flexibility index (Phi) is 8.13. The van der Waals surface area contributed by atoms with Gasteiger partial charge in [-0.2, -0.15) is 5.26 Å². The molecule has 11 rings (SSSR count). The Morgan fingerprint density at radius 2 is 0.966 bits per heavy atom. The maximum atomic E-state index is 9.36. The first kappa shape index (κ1) is 34.1. The van der Waals surface area contributed by atoms with Crippen LogP contribution in [0.3, 0.4) is 0 Å². The fourth-order valence-corrected chi connectivity index (χ4v) is 8.41. The van der Waals surface area contributed by atoms with Gasteiger partial charge in [0.05, 0.1) is 45.3 Å². The van der Waals surface area contributed by atoms with Crippen LogP contribution in [0, 0.1) is 11.3 Å². The standard InChI is InChI=1S/C54H33N5/c55-34-35-20-22-38(23-21-35)47-33-46(37-12-4-1-5-13-37)57-54(58-47)40-26-24-36(25-27-40)41-28-29-43-44-30-31-50-51(52(44)53(56-48(43)32-41)39-14-6-2-7-15-39)45-18-10-11-19-49(45)59(50)42-16-8-3-9-17-42/h1-33H. The zero-order valence-electron chi connectivity index (χ0n) is 31.8. The van der Waals surface area contributed by atoms with Crippen LogP contribution >= 0.6 is 0 Å². The molecular weight excluding hydrogens is 719 g/mol. The molecule has 0 amide bonds. The molecular formula is C54H33N5. The number of aromatic nitrogens is 4. The van der Waals surface area contributed by atoms with E-state index in [0.717, 1.165) is 78.0 Å². The van der Waals surface area contributed by atoms with Crippen LogP contribution < -0.4 is 0 Å². The highest BCUT2D eigenvalue weighted by Crippen LogP contribution is 2.43. The van der Waals surface area contributed by atoms with E-state index in [1.165, 1.54) is 21.7 Å². The van der Waals surface area contributed by atoms with Crippen molar-refractivity contribution < 1.29 is 0 Å². The zero-order valence-corrected chi connectivity index (χ0v) is 31.8. The number of hydrogen-bond donors (Lipinski definition) is 0. The van der Waals surface area contributed by atoms with Crippen LogP contribution in [0.5, 0.6) is 0 Å². The van der Waals surface area contributed by atoms with Gasteiger partial charge in [-0.05, 0) is 65.0 Å². The summed E-state index contributed by atoms with van der Waals surface area (Å²) in [7, 11) is 0. The molecule has 5 heteroatoms. The third-order valence-corrected chi connectivity index (χ3v) is 11.2. The van der Waals surface area contributed by atoms with Crippen molar-refractivity contribution in [2.45, 2.75) is 0 Å². The van der Waals surface area contributed by atoms with Crippen LogP contribution in [0.2, 0.25) is 0 Å². The first-order chi connectivity index (χ1) is 29.2. The molecule has 0 fully saturated rings. The summed E-state index contributed by atoms with van der Waals surface area (Å²) in [5.74, 6) is 0.636. The molecule has 0 aliphatic rings. The monoisotopic (exact) mass is 751 g/mol. The van der Waals surface area contributed by atoms with Crippen molar-refractivity contribution in [1.82, 2.24) is 19.5 Å². The summed E-state index contributed by atoms with van der Waals surface area (Å²) in [5, 5.41) is 15.2. The van der Waals surface area contributed by atoms with Crippen LogP contribution in [-0.4, -0.2) is 19.5 Å². The van der Waals surface area contributed by atoms with E-state index in [1.807, 2.05) is 48.5 Å². The number of hydrogen-bond acceptors (Lipinski definition) is 4. The molecule has 0 radical (unpaired) electrons. The largest absolute Gasteiger partial charge is 0.309 e. The smallest absolute Gasteiger partial charge is 0.160 e. The minimum Gasteiger partial charge on any atom is -0.309 e. The quantitative estimate of drug-likeness (QED) is 0.159. The topological polar surface area (TPSA) is 67.4 Å². The maximum Gasteiger partial charge on any atom is 0.160 e. The van der Waals surface area contributed by atoms with E-state index in [0.29, 0.717) is 11.4 Å². The van der Waals surface area contributed by atoms with Crippen LogP contribution in [0.25, 0.3) is 105 Å². The van der Waals surface area contributed by atoms with Gasteiger partial charge in [0.25, 0.3) is 0 Å². The fourth-order valence-electron chi connectivity index (χ4n) is 8.41. The molecule has 0 saturated carbocycles. The van der Waals surface area contributed by atoms with Gasteiger partial charge in [-0.25, -0.2) is 15.0 Å². The van der Waals surface area contributed by atoms with E-state index in [-0.39, 0.29) is 0 Å². The lowest BCUT2D eigenvalue weighted by Crippen LogP contribution is -1.96. The predicted molar refractivity (Wildman–Crippen MR) is 241 cm³/mol. The molecule has 0 atom stereocenters. The number of nitriles is 1. The average molecular weight is 752 g/mol. The lowest BCUT2D eigenvalue weighted by molar-refractivity contribution is 1.18. The molecule has 0 aliphatic heterocycles. The van der Waals surface area contributed by atoms with E-state index < -0.39 is 0 Å². The summed E-state index contributed by atoms with van der Waals surface area (Å²) < 4.78 is 2.37. The normalized spacial score (nSPS) is 11.4. The van der Waals surface area contributed by atoms with E-state index in [2.05, 4.69) is 162 Å². The summed E-state index contributed by atoms with van der Waals surface area (Å²) in [5.41, 5.74) is 13.7. The van der Waals surface area contributed by atoms with E-state index in [9.17, 15) is 5.26 Å². The van der Waals surface area contributed by atoms with Crippen molar-refractivity contribution in [3.05, 3.63) is 206 Å². The van der Waals surface area contributed by atoms with Gasteiger partial charge in [-0.15, -0.1) is 0 Å². The molecule has 0 unspecified atom stereocenters. The molecule has 0 saturated heterocycles. The van der Waals surface area contributed by atoms with Crippen LogP contribution in [0.1, 0.15) is 5.56 Å². The van der Waals surface area contributed by atoms with Gasteiger partial charge in [-0.3, -0.25) is 0 Å². The van der Waals surface area contributed by atoms with E-state index in [1.54, 1.807) is 0 Å². The highest BCUT2D eigenvalue weighted by molar-refractivity contribution is 6.28. The molecule has 274 valence electrons. The molecule has 5 nitrogen and oxygen atoms in total. The number of fused-ring (bicyclic) bond motifs is 7. The second-order valence-corrected chi connectivity index (χ2v) is 14.7. The minimum atomic E-state index is 0.611. The minimum absolute atomic E-state index is 0.611. The Balaban J connectivity index is 1.05. The van der Waals surface area contributed by atoms with Gasteiger partial charge in [0.1, 0.15) is 0 Å². The van der Waals surface area contributed by atoms with Crippen molar-refractivity contribution in [2.75, 3.05) is 0 Å². The van der Waals surface area contributed by atoms with Gasteiger partial charge in [-0.1, -0.05) is 152 Å². The van der Waals surface area contributed by atoms with Crippen molar-refractivity contribution in [1.29, 1.82) is 5.26 Å². The molecule has 3 aromatic heterocycles. The molecule has 59 heavy (non-hydrogen) atoms. The fraction of sp³-hybridized carbons (Fsp3) is 0. The van der Waals surface area contributed by atoms with Crippen molar-refractivity contribution in [3.8, 4) is 68.0 Å². The van der Waals surface area contributed by atoms with Gasteiger partial charge in [0.15, 0.2) is 5.82 Å². The summed E-state index contributed by atoms with van der Waals surface area (Å²) in [6.07, 6.45) is 0. The molecule has 0 spiro atoms. The molecule has 3 heterocycles. The number of para-hydroxylation sites is 2. The first-order valence-electron chi connectivity index (χ1n) is 19.7. The van der Waals surface area contributed by atoms with Gasteiger partial charge >= 0.3 is 0 Å². The van der Waals surface area contributed by atoms with Crippen molar-refractivity contribution in [3.63, 3.8) is 0 Å². The van der Waals surface area contributed by atoms with Gasteiger partial charge < -0.3 is 4.57 Å². The highest BCUT2D eigenvalue weighted by Gasteiger charge is 2.20. The van der Waals surface area contributed by atoms with E-state index in [4.69, 9.17) is 15.0 Å². The van der Waals surface area contributed by atoms with Crippen LogP contribution in [0.15, 0.2) is 200 Å². The Labute approximate surface area is 340 Å². The number of benzene rings is 8. The Bertz CT molecular complexity index is 3400. The molecule has 0 bridgehead atoms. The Morgan fingerprint density at radius 3 is 1.68 bits per heavy atom. The molecule has 0 aliphatic carbocycles. The molecule has 0 N–H and O–H groups in total. The van der Waals surface area contributed by atoms with Crippen LogP contribution in [-0.2, 0) is 0 Å². The number of pyridine rings is 1. The second kappa shape index (κ2) is 14.1. The van der Waals surface area contributed by atoms with Crippen LogP contribution in [0.4, 0.5) is 0 Å². The summed E-state index contributed by atoms with van der Waals surface area (Å²) in [4.78, 5) is 15.6. The SMILES string of the molecule is N#Cc1ccc(-c2cc(-c3ccccc3)nc(-c3ccc(-c4ccc5c(c4)nc(-c4ccccc4)c4c5ccc5c4c4ccccc4n5-c4ccccc4)cc3)n2)cc1. The van der Waals surface area contributed by atoms with E-state index >= 15 is 0 Å². The van der Waals surface area contributed by atoms with Crippen molar-refractivity contribution in [2.24, 2.45) is 0 Å². The zero-order chi connectivity index (χ0) is 39.3. The highest BCUT2D eigenvalue weighted by atomic mass is 15.0. The average Bonchev–Trinajstić information content (AvgIpc) is 3.66. The third-order valence-electron chi connectivity index (χ3n) is 11.2. The Hall–Kier alpha value is -8.20. The number of rotatable bonds is 6. The third kappa shape index (κ3) is 5.91.